The number of rotatable bonds is 6. The fourth-order valence-electron chi connectivity index (χ4n) is 3.97. The highest BCUT2D eigenvalue weighted by Crippen LogP contribution is 2.40. The number of pyridine rings is 1. The lowest BCUT2D eigenvalue weighted by Gasteiger charge is -2.50. The number of amides is 1. The molecule has 2 aliphatic rings. The van der Waals surface area contributed by atoms with E-state index in [0.717, 1.165) is 43.8 Å². The van der Waals surface area contributed by atoms with Gasteiger partial charge in [0.1, 0.15) is 6.61 Å². The van der Waals surface area contributed by atoms with Gasteiger partial charge in [-0.05, 0) is 38.3 Å². The van der Waals surface area contributed by atoms with Crippen LogP contribution < -0.4 is 0 Å². The molecule has 25 heavy (non-hydrogen) atoms. The Balaban J connectivity index is 1.64. The first-order valence-corrected chi connectivity index (χ1v) is 9.01. The van der Waals surface area contributed by atoms with Crippen molar-refractivity contribution in [2.24, 2.45) is 5.41 Å². The number of carbonyl (C=O) groups excluding carboxylic acids is 1. The zero-order valence-electron chi connectivity index (χ0n) is 15.2. The second kappa shape index (κ2) is 8.25. The molecule has 1 amide bonds. The van der Waals surface area contributed by atoms with Crippen molar-refractivity contribution in [3.63, 3.8) is 0 Å². The van der Waals surface area contributed by atoms with E-state index >= 15 is 0 Å². The molecule has 1 aromatic heterocycles. The first-order valence-electron chi connectivity index (χ1n) is 9.01. The van der Waals surface area contributed by atoms with Crippen molar-refractivity contribution in [3.8, 4) is 0 Å². The predicted octanol–water partition coefficient (Wildman–Crippen LogP) is 1.95. The smallest absolute Gasteiger partial charge is 0.248 e. The first kappa shape index (κ1) is 18.3. The molecule has 2 atom stereocenters. The van der Waals surface area contributed by atoms with Crippen LogP contribution in [-0.2, 0) is 25.6 Å². The van der Waals surface area contributed by atoms with Crippen LogP contribution in [0.1, 0.15) is 30.7 Å². The number of ether oxygens (including phenoxy) is 3. The molecule has 1 aromatic rings. The van der Waals surface area contributed by atoms with Gasteiger partial charge in [-0.15, -0.1) is 0 Å². The third-order valence-corrected chi connectivity index (χ3v) is 5.19. The summed E-state index contributed by atoms with van der Waals surface area (Å²) in [7, 11) is 1.56. The Morgan fingerprint density at radius 3 is 3.16 bits per heavy atom. The van der Waals surface area contributed by atoms with Crippen LogP contribution in [0, 0.1) is 12.3 Å². The summed E-state index contributed by atoms with van der Waals surface area (Å²) in [6.45, 7) is 5.41. The number of likely N-dealkylation sites (tertiary alicyclic amines) is 1. The molecule has 0 aromatic carbocycles. The molecule has 6 nitrogen and oxygen atoms in total. The Morgan fingerprint density at radius 2 is 2.36 bits per heavy atom. The topological polar surface area (TPSA) is 60.9 Å². The normalized spacial score (nSPS) is 26.3. The molecular formula is C19H28N2O4. The van der Waals surface area contributed by atoms with Gasteiger partial charge >= 0.3 is 0 Å². The number of hydrogen-bond acceptors (Lipinski definition) is 5. The van der Waals surface area contributed by atoms with E-state index in [9.17, 15) is 4.79 Å². The zero-order valence-corrected chi connectivity index (χ0v) is 15.2. The largest absolute Gasteiger partial charge is 0.377 e. The van der Waals surface area contributed by atoms with Crippen molar-refractivity contribution >= 4 is 5.91 Å². The van der Waals surface area contributed by atoms with Crippen molar-refractivity contribution in [2.75, 3.05) is 40.0 Å². The maximum Gasteiger partial charge on any atom is 0.248 e. The van der Waals surface area contributed by atoms with E-state index in [4.69, 9.17) is 14.2 Å². The SMILES string of the molecule is COCC(=O)N1CCC2OCCCC2(COCc2cccc(C)n2)C1. The van der Waals surface area contributed by atoms with Crippen molar-refractivity contribution in [1.82, 2.24) is 9.88 Å². The van der Waals surface area contributed by atoms with Gasteiger partial charge in [0.05, 0.1) is 25.0 Å². The minimum atomic E-state index is -0.121. The van der Waals surface area contributed by atoms with Gasteiger partial charge in [0.15, 0.2) is 0 Å². The van der Waals surface area contributed by atoms with Crippen LogP contribution in [-0.4, -0.2) is 61.9 Å². The number of hydrogen-bond donors (Lipinski definition) is 0. The summed E-state index contributed by atoms with van der Waals surface area (Å²) in [4.78, 5) is 18.7. The van der Waals surface area contributed by atoms with Crippen molar-refractivity contribution < 1.29 is 19.0 Å². The van der Waals surface area contributed by atoms with Gasteiger partial charge in [-0.3, -0.25) is 9.78 Å². The maximum atomic E-state index is 12.3. The second-order valence-corrected chi connectivity index (χ2v) is 7.13. The van der Waals surface area contributed by atoms with Crippen LogP contribution in [0.2, 0.25) is 0 Å². The minimum Gasteiger partial charge on any atom is -0.377 e. The first-order chi connectivity index (χ1) is 12.1. The van der Waals surface area contributed by atoms with E-state index in [-0.39, 0.29) is 24.0 Å². The van der Waals surface area contributed by atoms with E-state index in [1.54, 1.807) is 7.11 Å². The van der Waals surface area contributed by atoms with Gasteiger partial charge < -0.3 is 19.1 Å². The van der Waals surface area contributed by atoms with Gasteiger partial charge in [0.2, 0.25) is 5.91 Å². The van der Waals surface area contributed by atoms with Gasteiger partial charge in [-0.1, -0.05) is 6.07 Å². The number of methoxy groups -OCH3 is 1. The molecule has 0 spiro atoms. The number of aryl methyl sites for hydroxylation is 1. The molecule has 0 saturated carbocycles. The highest BCUT2D eigenvalue weighted by molar-refractivity contribution is 5.77. The number of piperidine rings is 1. The quantitative estimate of drug-likeness (QED) is 0.786. The third-order valence-electron chi connectivity index (χ3n) is 5.19. The summed E-state index contributed by atoms with van der Waals surface area (Å²) in [5, 5.41) is 0. The molecule has 0 radical (unpaired) electrons. The van der Waals surface area contributed by atoms with E-state index in [0.29, 0.717) is 19.8 Å². The van der Waals surface area contributed by atoms with Crippen LogP contribution >= 0.6 is 0 Å². The lowest BCUT2D eigenvalue weighted by Crippen LogP contribution is -2.58. The van der Waals surface area contributed by atoms with Crippen LogP contribution in [0.15, 0.2) is 18.2 Å². The lowest BCUT2D eigenvalue weighted by molar-refractivity contribution is -0.168. The van der Waals surface area contributed by atoms with Crippen molar-refractivity contribution in [2.45, 2.75) is 38.9 Å². The van der Waals surface area contributed by atoms with E-state index in [2.05, 4.69) is 4.98 Å². The van der Waals surface area contributed by atoms with Crippen molar-refractivity contribution in [1.29, 1.82) is 0 Å². The van der Waals surface area contributed by atoms with Crippen molar-refractivity contribution in [3.05, 3.63) is 29.6 Å². The highest BCUT2D eigenvalue weighted by atomic mass is 16.5. The van der Waals surface area contributed by atoms with Gasteiger partial charge in [0, 0.05) is 37.9 Å². The van der Waals surface area contributed by atoms with E-state index < -0.39 is 0 Å². The monoisotopic (exact) mass is 348 g/mol. The summed E-state index contributed by atoms with van der Waals surface area (Å²) >= 11 is 0. The molecule has 138 valence electrons. The summed E-state index contributed by atoms with van der Waals surface area (Å²) in [5.74, 6) is 0.0475. The van der Waals surface area contributed by atoms with Gasteiger partial charge in [0.25, 0.3) is 0 Å². The summed E-state index contributed by atoms with van der Waals surface area (Å²) < 4.78 is 17.1. The molecule has 2 fully saturated rings. The van der Waals surface area contributed by atoms with Crippen LogP contribution in [0.25, 0.3) is 0 Å². The Bertz CT molecular complexity index is 595. The zero-order chi connectivity index (χ0) is 17.7. The summed E-state index contributed by atoms with van der Waals surface area (Å²) in [6.07, 6.45) is 3.06. The van der Waals surface area contributed by atoms with E-state index in [1.807, 2.05) is 30.0 Å². The number of nitrogens with zero attached hydrogens (tertiary/aromatic N) is 2. The third kappa shape index (κ3) is 4.37. The Hall–Kier alpha value is -1.50. The molecule has 2 unspecified atom stereocenters. The highest BCUT2D eigenvalue weighted by Gasteiger charge is 2.47. The van der Waals surface area contributed by atoms with Crippen LogP contribution in [0.4, 0.5) is 0 Å². The average Bonchev–Trinajstić information content (AvgIpc) is 2.61. The Kier molecular flexibility index (Phi) is 6.04. The molecule has 0 N–H and O–H groups in total. The van der Waals surface area contributed by atoms with Crippen LogP contribution in [0.3, 0.4) is 0 Å². The molecule has 2 aliphatic heterocycles. The molecule has 3 heterocycles. The lowest BCUT2D eigenvalue weighted by atomic mass is 9.73. The Morgan fingerprint density at radius 1 is 1.48 bits per heavy atom. The number of fused-ring (bicyclic) bond motifs is 1. The summed E-state index contributed by atoms with van der Waals surface area (Å²) in [6, 6.07) is 5.96. The maximum absolute atomic E-state index is 12.3. The fourth-order valence-corrected chi connectivity index (χ4v) is 3.97. The fraction of sp³-hybridized carbons (Fsp3) is 0.684. The van der Waals surface area contributed by atoms with E-state index in [1.165, 1.54) is 0 Å². The van der Waals surface area contributed by atoms with Crippen LogP contribution in [0.5, 0.6) is 0 Å². The average molecular weight is 348 g/mol. The molecular weight excluding hydrogens is 320 g/mol. The number of aromatic nitrogens is 1. The molecule has 3 rings (SSSR count). The Labute approximate surface area is 149 Å². The molecule has 6 heteroatoms. The van der Waals surface area contributed by atoms with Gasteiger partial charge in [-0.2, -0.15) is 0 Å². The predicted molar refractivity (Wildman–Crippen MR) is 93.1 cm³/mol. The second-order valence-electron chi connectivity index (χ2n) is 7.13. The molecule has 0 bridgehead atoms. The van der Waals surface area contributed by atoms with Gasteiger partial charge in [-0.25, -0.2) is 0 Å². The number of carbonyl (C=O) groups is 1. The minimum absolute atomic E-state index is 0.0475. The molecule has 2 saturated heterocycles. The molecule has 0 aliphatic carbocycles. The standard InChI is InChI=1S/C19H28N2O4/c1-15-5-3-6-16(20-15)11-24-14-19-8-4-10-25-17(19)7-9-21(13-19)18(22)12-23-2/h3,5-6,17H,4,7-14H2,1-2H3. The summed E-state index contributed by atoms with van der Waals surface area (Å²) in [5.41, 5.74) is 1.81.